The third-order valence-electron chi connectivity index (χ3n) is 9.84. The third-order valence-corrected chi connectivity index (χ3v) is 10.9. The van der Waals surface area contributed by atoms with Crippen LogP contribution < -0.4 is 21.3 Å². The molecule has 1 aliphatic carbocycles. The number of thioether (sulfide) groups is 1. The summed E-state index contributed by atoms with van der Waals surface area (Å²) in [5.74, 6) is -0.829. The highest BCUT2D eigenvalue weighted by atomic mass is 32.2. The average molecular weight is 786 g/mol. The van der Waals surface area contributed by atoms with Crippen molar-refractivity contribution in [1.82, 2.24) is 36.1 Å². The normalized spacial score (nSPS) is 17.6. The van der Waals surface area contributed by atoms with Crippen LogP contribution in [0, 0.1) is 5.92 Å². The Balaban J connectivity index is 1.46. The van der Waals surface area contributed by atoms with Crippen molar-refractivity contribution in [1.29, 1.82) is 0 Å². The lowest BCUT2D eigenvalue weighted by atomic mass is 9.83. The smallest absolute Gasteiger partial charge is 0.407 e. The van der Waals surface area contributed by atoms with Crippen molar-refractivity contribution >= 4 is 41.7 Å². The first-order valence-corrected chi connectivity index (χ1v) is 20.4. The number of aliphatic hydroxyl groups is 1. The quantitative estimate of drug-likeness (QED) is 0.129. The second-order valence-corrected chi connectivity index (χ2v) is 16.5. The van der Waals surface area contributed by atoms with Crippen LogP contribution in [0.1, 0.15) is 83.4 Å². The number of nitrogens with zero attached hydrogens (tertiary/aromatic N) is 2. The summed E-state index contributed by atoms with van der Waals surface area (Å²) in [6.45, 7) is 6.11. The molecule has 1 aromatic carbocycles. The minimum absolute atomic E-state index is 0.0641. The fraction of sp³-hybridized carbons (Fsp3) is 0.641. The van der Waals surface area contributed by atoms with Crippen molar-refractivity contribution in [2.24, 2.45) is 5.92 Å². The van der Waals surface area contributed by atoms with Gasteiger partial charge in [-0.25, -0.2) is 14.6 Å². The molecule has 0 unspecified atom stereocenters. The molecular weight excluding hydrogens is 727 g/mol. The van der Waals surface area contributed by atoms with Crippen LogP contribution in [0.5, 0.6) is 0 Å². The van der Waals surface area contributed by atoms with Crippen molar-refractivity contribution in [2.45, 2.75) is 121 Å². The Morgan fingerprint density at radius 2 is 1.62 bits per heavy atom. The SMILES string of the molecule is COC(=O)CSC[C@@H](O)[C@H](CC1CCCCC1)NC(=O)[C@H](Cc1c[nH]cn1)NC(=O)[C@H](Cc1ccccc1)NC(=O)N1CCC(NC(=O)OC(C)(C)C)CC1. The zero-order valence-electron chi connectivity index (χ0n) is 32.5. The molecule has 2 aliphatic rings. The maximum Gasteiger partial charge on any atom is 0.407 e. The Morgan fingerprint density at radius 3 is 2.25 bits per heavy atom. The highest BCUT2D eigenvalue weighted by Gasteiger charge is 2.33. The van der Waals surface area contributed by atoms with Crippen LogP contribution in [0.3, 0.4) is 0 Å². The Morgan fingerprint density at radius 1 is 0.945 bits per heavy atom. The molecule has 1 aromatic heterocycles. The lowest BCUT2D eigenvalue weighted by Crippen LogP contribution is -2.59. The van der Waals surface area contributed by atoms with Crippen LogP contribution in [0.4, 0.5) is 9.59 Å². The van der Waals surface area contributed by atoms with E-state index >= 15 is 0 Å². The fourth-order valence-corrected chi connectivity index (χ4v) is 7.79. The van der Waals surface area contributed by atoms with Gasteiger partial charge < -0.3 is 45.7 Å². The molecule has 0 spiro atoms. The molecule has 304 valence electrons. The molecule has 4 rings (SSSR count). The van der Waals surface area contributed by atoms with Gasteiger partial charge in [0.2, 0.25) is 11.8 Å². The van der Waals surface area contributed by atoms with Crippen molar-refractivity contribution in [3.63, 3.8) is 0 Å². The predicted molar refractivity (Wildman–Crippen MR) is 209 cm³/mol. The number of alkyl carbamates (subject to hydrolysis) is 1. The number of aromatic amines is 1. The summed E-state index contributed by atoms with van der Waals surface area (Å²) in [5.41, 5.74) is 0.738. The summed E-state index contributed by atoms with van der Waals surface area (Å²) in [6.07, 6.45) is 8.86. The molecule has 16 heteroatoms. The topological polar surface area (TPSA) is 204 Å². The van der Waals surface area contributed by atoms with Crippen LogP contribution in [0.15, 0.2) is 42.9 Å². The van der Waals surface area contributed by atoms with Crippen LogP contribution in [-0.4, -0.2) is 117 Å². The minimum atomic E-state index is -1.08. The van der Waals surface area contributed by atoms with Gasteiger partial charge in [-0.2, -0.15) is 0 Å². The Labute approximate surface area is 328 Å². The summed E-state index contributed by atoms with van der Waals surface area (Å²) in [5, 5.41) is 23.0. The third kappa shape index (κ3) is 15.4. The second kappa shape index (κ2) is 21.7. The van der Waals surface area contributed by atoms with Gasteiger partial charge in [-0.15, -0.1) is 11.8 Å². The van der Waals surface area contributed by atoms with Gasteiger partial charge in [0.25, 0.3) is 0 Å². The zero-order chi connectivity index (χ0) is 39.8. The van der Waals surface area contributed by atoms with E-state index in [2.05, 4.69) is 31.2 Å². The van der Waals surface area contributed by atoms with E-state index in [0.717, 1.165) is 37.7 Å². The number of ether oxygens (including phenoxy) is 2. The van der Waals surface area contributed by atoms with Gasteiger partial charge in [-0.05, 0) is 51.5 Å². The number of imidazole rings is 1. The number of aromatic nitrogens is 2. The molecule has 15 nitrogen and oxygen atoms in total. The van der Waals surface area contributed by atoms with Crippen molar-refractivity contribution < 1.29 is 38.6 Å². The van der Waals surface area contributed by atoms with Crippen LogP contribution >= 0.6 is 11.8 Å². The number of hydrogen-bond donors (Lipinski definition) is 6. The highest BCUT2D eigenvalue weighted by Crippen LogP contribution is 2.28. The Hall–Kier alpha value is -4.31. The molecule has 1 aliphatic heterocycles. The van der Waals surface area contributed by atoms with Gasteiger partial charge in [-0.1, -0.05) is 62.4 Å². The Bertz CT molecular complexity index is 1510. The van der Waals surface area contributed by atoms with Gasteiger partial charge in [0.15, 0.2) is 0 Å². The van der Waals surface area contributed by atoms with Crippen LogP contribution in [0.25, 0.3) is 0 Å². The van der Waals surface area contributed by atoms with Gasteiger partial charge in [0.05, 0.1) is 37.0 Å². The summed E-state index contributed by atoms with van der Waals surface area (Å²) < 4.78 is 10.1. The molecule has 2 fully saturated rings. The number of rotatable bonds is 17. The molecule has 1 saturated carbocycles. The number of H-pyrrole nitrogens is 1. The number of aliphatic hydroxyl groups excluding tert-OH is 1. The number of carbonyl (C=O) groups excluding carboxylic acids is 5. The van der Waals surface area contributed by atoms with Crippen LogP contribution in [-0.2, 0) is 36.7 Å². The first-order valence-electron chi connectivity index (χ1n) is 19.3. The average Bonchev–Trinajstić information content (AvgIpc) is 3.67. The van der Waals surface area contributed by atoms with Crippen molar-refractivity contribution in [3.8, 4) is 0 Å². The number of carbonyl (C=O) groups is 5. The minimum Gasteiger partial charge on any atom is -0.468 e. The zero-order valence-corrected chi connectivity index (χ0v) is 33.3. The van der Waals surface area contributed by atoms with E-state index in [1.54, 1.807) is 31.9 Å². The number of amides is 5. The van der Waals surface area contributed by atoms with Crippen LogP contribution in [0.2, 0.25) is 0 Å². The lowest BCUT2D eigenvalue weighted by Gasteiger charge is -2.34. The molecule has 4 atom stereocenters. The van der Waals surface area contributed by atoms with E-state index in [4.69, 9.17) is 9.47 Å². The van der Waals surface area contributed by atoms with E-state index in [9.17, 15) is 29.1 Å². The van der Waals surface area contributed by atoms with E-state index in [0.29, 0.717) is 44.0 Å². The first-order chi connectivity index (χ1) is 26.3. The number of hydrogen-bond acceptors (Lipinski definition) is 10. The van der Waals surface area contributed by atoms with Crippen molar-refractivity contribution in [2.75, 3.05) is 31.7 Å². The summed E-state index contributed by atoms with van der Waals surface area (Å²) >= 11 is 1.23. The number of likely N-dealkylation sites (tertiary alicyclic amines) is 1. The number of nitrogens with one attached hydrogen (secondary N) is 5. The van der Waals surface area contributed by atoms with Gasteiger partial charge >= 0.3 is 18.1 Å². The number of esters is 1. The number of methoxy groups -OCH3 is 1. The van der Waals surface area contributed by atoms with Gasteiger partial charge in [0.1, 0.15) is 17.7 Å². The number of urea groups is 1. The monoisotopic (exact) mass is 785 g/mol. The standard InChI is InChI=1S/C39H59N7O8S/c1-39(2,3)54-38(52)42-28-15-17-46(18-16-28)37(51)45-31(20-27-13-9-6-10-14-27)35(49)44-32(21-29-22-40-25-41-29)36(50)43-30(19-26-11-7-5-8-12-26)33(47)23-55-24-34(48)53-4/h6,9-10,13-14,22,25-26,28,30-33,47H,5,7-8,11-12,15-21,23-24H2,1-4H3,(H,40,41)(H,42,52)(H,43,50)(H,44,49)(H,45,51)/t30-,31-,32-,33+/m0/s1. The first kappa shape index (κ1) is 43.4. The molecule has 2 heterocycles. The molecular formula is C39H59N7O8S. The Kier molecular flexibility index (Phi) is 17.1. The van der Waals surface area contributed by atoms with E-state index < -0.39 is 59.7 Å². The largest absolute Gasteiger partial charge is 0.468 e. The fourth-order valence-electron chi connectivity index (χ4n) is 6.91. The number of benzene rings is 1. The molecule has 6 N–H and O–H groups in total. The maximum atomic E-state index is 14.2. The van der Waals surface area contributed by atoms with Gasteiger partial charge in [-0.3, -0.25) is 14.4 Å². The molecule has 0 bridgehead atoms. The van der Waals surface area contributed by atoms with E-state index in [-0.39, 0.29) is 30.4 Å². The molecule has 5 amide bonds. The lowest BCUT2D eigenvalue weighted by molar-refractivity contribution is -0.137. The van der Waals surface area contributed by atoms with E-state index in [1.807, 2.05) is 30.3 Å². The van der Waals surface area contributed by atoms with Gasteiger partial charge in [0, 0.05) is 43.9 Å². The maximum absolute atomic E-state index is 14.2. The molecule has 1 saturated heterocycles. The summed E-state index contributed by atoms with van der Waals surface area (Å²) in [4.78, 5) is 74.7. The number of piperidine rings is 1. The summed E-state index contributed by atoms with van der Waals surface area (Å²) in [7, 11) is 1.31. The second-order valence-electron chi connectivity index (χ2n) is 15.4. The van der Waals surface area contributed by atoms with Crippen molar-refractivity contribution in [3.05, 3.63) is 54.1 Å². The highest BCUT2D eigenvalue weighted by molar-refractivity contribution is 7.99. The predicted octanol–water partition coefficient (Wildman–Crippen LogP) is 3.47. The molecule has 0 radical (unpaired) electrons. The molecule has 2 aromatic rings. The van der Waals surface area contributed by atoms with E-state index in [1.165, 1.54) is 25.2 Å². The molecule has 55 heavy (non-hydrogen) atoms. The summed E-state index contributed by atoms with van der Waals surface area (Å²) in [6, 6.07) is 5.98.